The first kappa shape index (κ1) is 16.3. The highest BCUT2D eigenvalue weighted by Crippen LogP contribution is 2.19. The maximum atomic E-state index is 12.3. The van der Waals surface area contributed by atoms with Crippen LogP contribution >= 0.6 is 11.3 Å². The first-order valence-electron chi connectivity index (χ1n) is 7.04. The van der Waals surface area contributed by atoms with Crippen LogP contribution in [-0.4, -0.2) is 35.1 Å². The number of ether oxygens (including phenoxy) is 1. The summed E-state index contributed by atoms with van der Waals surface area (Å²) in [5.41, 5.74) is 0.350. The maximum absolute atomic E-state index is 12.3. The van der Waals surface area contributed by atoms with Gasteiger partial charge in [-0.2, -0.15) is 5.26 Å². The van der Waals surface area contributed by atoms with Crippen LogP contribution in [-0.2, 0) is 16.1 Å². The molecule has 6 nitrogen and oxygen atoms in total. The summed E-state index contributed by atoms with van der Waals surface area (Å²) < 4.78 is 5.16. The Labute approximate surface area is 133 Å². The van der Waals surface area contributed by atoms with Crippen LogP contribution in [0.15, 0.2) is 11.4 Å². The standard InChI is InChI=1S/C15H19N3O3S/c1-15(2,3)21-14(20)17-12-4-5-18(13(12)19)8-10-6-11(7-16)22-9-10/h6,9,12H,4-5,8H2,1-3H3,(H,17,20)/t12-/m0/s1. The third-order valence-corrected chi connectivity index (χ3v) is 4.01. The number of hydrogen-bond donors (Lipinski definition) is 1. The van der Waals surface area contributed by atoms with Gasteiger partial charge in [0.15, 0.2) is 0 Å². The van der Waals surface area contributed by atoms with Crippen molar-refractivity contribution >= 4 is 23.3 Å². The minimum atomic E-state index is -0.588. The van der Waals surface area contributed by atoms with Gasteiger partial charge in [-0.3, -0.25) is 4.79 Å². The highest BCUT2D eigenvalue weighted by atomic mass is 32.1. The Balaban J connectivity index is 1.89. The van der Waals surface area contributed by atoms with Gasteiger partial charge in [-0.1, -0.05) is 0 Å². The van der Waals surface area contributed by atoms with E-state index in [2.05, 4.69) is 11.4 Å². The van der Waals surface area contributed by atoms with Gasteiger partial charge in [0.25, 0.3) is 0 Å². The third kappa shape index (κ3) is 4.21. The summed E-state index contributed by atoms with van der Waals surface area (Å²) in [4.78, 5) is 26.3. The summed E-state index contributed by atoms with van der Waals surface area (Å²) >= 11 is 1.36. The second-order valence-electron chi connectivity index (χ2n) is 6.18. The van der Waals surface area contributed by atoms with E-state index in [0.717, 1.165) is 5.56 Å². The van der Waals surface area contributed by atoms with Crippen molar-refractivity contribution in [2.45, 2.75) is 45.4 Å². The van der Waals surface area contributed by atoms with Gasteiger partial charge < -0.3 is 15.0 Å². The van der Waals surface area contributed by atoms with Gasteiger partial charge in [0.2, 0.25) is 5.91 Å². The molecule has 1 fully saturated rings. The first-order chi connectivity index (χ1) is 10.3. The number of hydrogen-bond acceptors (Lipinski definition) is 5. The molecule has 0 bridgehead atoms. The van der Waals surface area contributed by atoms with Crippen LogP contribution in [0.3, 0.4) is 0 Å². The Kier molecular flexibility index (Phi) is 4.71. The highest BCUT2D eigenvalue weighted by Gasteiger charge is 2.33. The van der Waals surface area contributed by atoms with Crippen molar-refractivity contribution in [2.24, 2.45) is 0 Å². The largest absolute Gasteiger partial charge is 0.444 e. The van der Waals surface area contributed by atoms with E-state index in [1.807, 2.05) is 5.38 Å². The zero-order valence-electron chi connectivity index (χ0n) is 12.9. The molecule has 0 spiro atoms. The number of thiophene rings is 1. The molecule has 1 aliphatic heterocycles. The predicted octanol–water partition coefficient (Wildman–Crippen LogP) is 2.25. The van der Waals surface area contributed by atoms with Gasteiger partial charge in [0.05, 0.1) is 0 Å². The predicted molar refractivity (Wildman–Crippen MR) is 82.2 cm³/mol. The molecule has 22 heavy (non-hydrogen) atoms. The smallest absolute Gasteiger partial charge is 0.408 e. The van der Waals surface area contributed by atoms with Crippen LogP contribution in [0.2, 0.25) is 0 Å². The number of carbonyl (C=O) groups excluding carboxylic acids is 2. The van der Waals surface area contributed by atoms with Gasteiger partial charge in [-0.15, -0.1) is 11.3 Å². The fourth-order valence-corrected chi connectivity index (χ4v) is 2.91. The number of carbonyl (C=O) groups is 2. The fraction of sp³-hybridized carbons (Fsp3) is 0.533. The van der Waals surface area contributed by atoms with Crippen LogP contribution in [0.25, 0.3) is 0 Å². The van der Waals surface area contributed by atoms with Crippen molar-refractivity contribution in [3.8, 4) is 6.07 Å². The summed E-state index contributed by atoms with van der Waals surface area (Å²) in [6, 6.07) is 3.33. The Morgan fingerprint density at radius 2 is 2.32 bits per heavy atom. The van der Waals surface area contributed by atoms with Gasteiger partial charge in [-0.05, 0) is 44.2 Å². The lowest BCUT2D eigenvalue weighted by Gasteiger charge is -2.21. The molecule has 0 saturated carbocycles. The number of alkyl carbamates (subject to hydrolysis) is 1. The summed E-state index contributed by atoms with van der Waals surface area (Å²) in [6.07, 6.45) is -0.0113. The third-order valence-electron chi connectivity index (χ3n) is 3.13. The quantitative estimate of drug-likeness (QED) is 0.925. The second kappa shape index (κ2) is 6.36. The number of amides is 2. The molecule has 1 aliphatic rings. The van der Waals surface area contributed by atoms with E-state index in [1.54, 1.807) is 31.7 Å². The average molecular weight is 321 g/mol. The molecule has 1 saturated heterocycles. The molecule has 0 aromatic carbocycles. The number of nitrogens with one attached hydrogen (secondary N) is 1. The minimum absolute atomic E-state index is 0.115. The zero-order chi connectivity index (χ0) is 16.3. The van der Waals surface area contributed by atoms with Gasteiger partial charge in [-0.25, -0.2) is 4.79 Å². The topological polar surface area (TPSA) is 82.4 Å². The lowest BCUT2D eigenvalue weighted by Crippen LogP contribution is -2.43. The van der Waals surface area contributed by atoms with E-state index in [9.17, 15) is 9.59 Å². The summed E-state index contributed by atoms with van der Waals surface area (Å²) in [7, 11) is 0. The molecule has 1 atom stereocenters. The molecule has 1 N–H and O–H groups in total. The molecule has 2 rings (SSSR count). The van der Waals surface area contributed by atoms with Gasteiger partial charge >= 0.3 is 6.09 Å². The summed E-state index contributed by atoms with van der Waals surface area (Å²) in [5, 5.41) is 13.3. The van der Waals surface area contributed by atoms with E-state index in [-0.39, 0.29) is 5.91 Å². The summed E-state index contributed by atoms with van der Waals surface area (Å²) in [6.45, 7) is 6.37. The molecule has 0 unspecified atom stereocenters. The molecule has 2 amide bonds. The van der Waals surface area contributed by atoms with Crippen LogP contribution in [0, 0.1) is 11.3 Å². The fourth-order valence-electron chi connectivity index (χ4n) is 2.22. The maximum Gasteiger partial charge on any atom is 0.408 e. The molecule has 0 radical (unpaired) electrons. The molecule has 0 aliphatic carbocycles. The lowest BCUT2D eigenvalue weighted by molar-refractivity contribution is -0.129. The molecule has 2 heterocycles. The number of rotatable bonds is 3. The lowest BCUT2D eigenvalue weighted by atomic mass is 10.2. The van der Waals surface area contributed by atoms with Crippen LogP contribution in [0.4, 0.5) is 4.79 Å². The molecule has 118 valence electrons. The monoisotopic (exact) mass is 321 g/mol. The van der Waals surface area contributed by atoms with Crippen molar-refractivity contribution in [1.82, 2.24) is 10.2 Å². The highest BCUT2D eigenvalue weighted by molar-refractivity contribution is 7.10. The van der Waals surface area contributed by atoms with Crippen molar-refractivity contribution in [2.75, 3.05) is 6.54 Å². The van der Waals surface area contributed by atoms with Gasteiger partial charge in [0, 0.05) is 13.1 Å². The van der Waals surface area contributed by atoms with Crippen LogP contribution in [0.1, 0.15) is 37.6 Å². The van der Waals surface area contributed by atoms with E-state index in [4.69, 9.17) is 10.00 Å². The van der Waals surface area contributed by atoms with E-state index in [0.29, 0.717) is 24.4 Å². The minimum Gasteiger partial charge on any atom is -0.444 e. The van der Waals surface area contributed by atoms with E-state index < -0.39 is 17.7 Å². The first-order valence-corrected chi connectivity index (χ1v) is 7.92. The second-order valence-corrected chi connectivity index (χ2v) is 7.09. The van der Waals surface area contributed by atoms with Crippen molar-refractivity contribution in [1.29, 1.82) is 5.26 Å². The van der Waals surface area contributed by atoms with Crippen molar-refractivity contribution in [3.63, 3.8) is 0 Å². The normalized spacial score (nSPS) is 18.2. The zero-order valence-corrected chi connectivity index (χ0v) is 13.7. The Hall–Kier alpha value is -2.07. The van der Waals surface area contributed by atoms with Crippen molar-refractivity contribution in [3.05, 3.63) is 21.9 Å². The number of nitriles is 1. The number of likely N-dealkylation sites (tertiary alicyclic amines) is 1. The molecule has 1 aromatic rings. The molecular weight excluding hydrogens is 302 g/mol. The van der Waals surface area contributed by atoms with E-state index >= 15 is 0 Å². The Morgan fingerprint density at radius 1 is 1.59 bits per heavy atom. The van der Waals surface area contributed by atoms with Crippen molar-refractivity contribution < 1.29 is 14.3 Å². The van der Waals surface area contributed by atoms with E-state index in [1.165, 1.54) is 11.3 Å². The summed E-state index contributed by atoms with van der Waals surface area (Å²) in [5.74, 6) is -0.115. The number of nitrogens with zero attached hydrogens (tertiary/aromatic N) is 2. The molecular formula is C15H19N3O3S. The van der Waals surface area contributed by atoms with Crippen LogP contribution < -0.4 is 5.32 Å². The Morgan fingerprint density at radius 3 is 2.91 bits per heavy atom. The van der Waals surface area contributed by atoms with Crippen LogP contribution in [0.5, 0.6) is 0 Å². The Bertz CT molecular complexity index is 612. The average Bonchev–Trinajstić information content (AvgIpc) is 2.98. The SMILES string of the molecule is CC(C)(C)OC(=O)N[C@H]1CCN(Cc2csc(C#N)c2)C1=O. The van der Waals surface area contributed by atoms with Gasteiger partial charge in [0.1, 0.15) is 22.6 Å². The molecule has 1 aromatic heterocycles. The molecule has 7 heteroatoms.